The number of hydrogen-bond donors (Lipinski definition) is 2. The van der Waals surface area contributed by atoms with E-state index in [1.54, 1.807) is 0 Å². The van der Waals surface area contributed by atoms with Gasteiger partial charge in [-0.2, -0.15) is 0 Å². The van der Waals surface area contributed by atoms with Crippen LogP contribution in [0.15, 0.2) is 0 Å². The molecule has 1 aliphatic heterocycles. The van der Waals surface area contributed by atoms with E-state index in [1.807, 2.05) is 0 Å². The Balaban J connectivity index is 1.84. The molecule has 0 radical (unpaired) electrons. The average molecular weight is 214 g/mol. The zero-order valence-corrected chi connectivity index (χ0v) is 10.2. The third-order valence-electron chi connectivity index (χ3n) is 3.16. The molecule has 0 aromatic heterocycles. The van der Waals surface area contributed by atoms with E-state index in [9.17, 15) is 0 Å². The van der Waals surface area contributed by atoms with E-state index in [4.69, 9.17) is 4.74 Å². The summed E-state index contributed by atoms with van der Waals surface area (Å²) < 4.78 is 5.60. The molecule has 0 amide bonds. The smallest absolute Gasteiger partial charge is 0.0590 e. The molecule has 1 saturated heterocycles. The SMILES string of the molecule is CCCNCCOCCC1CNCC1C. The quantitative estimate of drug-likeness (QED) is 0.597. The van der Waals surface area contributed by atoms with E-state index in [-0.39, 0.29) is 0 Å². The van der Waals surface area contributed by atoms with Crippen LogP contribution < -0.4 is 10.6 Å². The second-order valence-corrected chi connectivity index (χ2v) is 4.55. The minimum absolute atomic E-state index is 0.826. The minimum atomic E-state index is 0.826. The molecule has 2 atom stereocenters. The number of ether oxygens (including phenoxy) is 1. The van der Waals surface area contributed by atoms with Gasteiger partial charge in [0, 0.05) is 13.2 Å². The molecule has 1 rings (SSSR count). The Hall–Kier alpha value is -0.120. The fraction of sp³-hybridized carbons (Fsp3) is 1.00. The van der Waals surface area contributed by atoms with E-state index in [0.717, 1.165) is 38.1 Å². The Labute approximate surface area is 94.0 Å². The highest BCUT2D eigenvalue weighted by atomic mass is 16.5. The van der Waals surface area contributed by atoms with E-state index < -0.39 is 0 Å². The van der Waals surface area contributed by atoms with Gasteiger partial charge in [-0.05, 0) is 44.3 Å². The molecule has 1 fully saturated rings. The molecule has 90 valence electrons. The van der Waals surface area contributed by atoms with Crippen LogP contribution in [0, 0.1) is 11.8 Å². The largest absolute Gasteiger partial charge is 0.380 e. The van der Waals surface area contributed by atoms with Crippen LogP contribution in [0.3, 0.4) is 0 Å². The van der Waals surface area contributed by atoms with Crippen LogP contribution in [0.25, 0.3) is 0 Å². The van der Waals surface area contributed by atoms with Crippen molar-refractivity contribution in [1.29, 1.82) is 0 Å². The Kier molecular flexibility index (Phi) is 6.98. The van der Waals surface area contributed by atoms with Crippen molar-refractivity contribution >= 4 is 0 Å². The maximum Gasteiger partial charge on any atom is 0.0590 e. The van der Waals surface area contributed by atoms with Crippen LogP contribution in [0.2, 0.25) is 0 Å². The van der Waals surface area contributed by atoms with Gasteiger partial charge in [-0.3, -0.25) is 0 Å². The summed E-state index contributed by atoms with van der Waals surface area (Å²) >= 11 is 0. The molecule has 0 bridgehead atoms. The molecule has 15 heavy (non-hydrogen) atoms. The number of nitrogens with one attached hydrogen (secondary N) is 2. The van der Waals surface area contributed by atoms with Crippen LogP contribution in [0.4, 0.5) is 0 Å². The van der Waals surface area contributed by atoms with Crippen LogP contribution in [0.1, 0.15) is 26.7 Å². The van der Waals surface area contributed by atoms with E-state index in [1.165, 1.54) is 25.9 Å². The first-order valence-corrected chi connectivity index (χ1v) is 6.33. The molecule has 1 aliphatic rings. The second kappa shape index (κ2) is 8.08. The maximum absolute atomic E-state index is 5.60. The van der Waals surface area contributed by atoms with Crippen molar-refractivity contribution < 1.29 is 4.74 Å². The molecule has 0 aromatic rings. The molecular formula is C12H26N2O. The average Bonchev–Trinajstić information content (AvgIpc) is 2.63. The summed E-state index contributed by atoms with van der Waals surface area (Å²) in [5, 5.41) is 6.76. The Morgan fingerprint density at radius 3 is 2.80 bits per heavy atom. The van der Waals surface area contributed by atoms with Crippen molar-refractivity contribution in [3.8, 4) is 0 Å². The van der Waals surface area contributed by atoms with Crippen molar-refractivity contribution in [2.45, 2.75) is 26.7 Å². The second-order valence-electron chi connectivity index (χ2n) is 4.55. The van der Waals surface area contributed by atoms with Gasteiger partial charge in [0.1, 0.15) is 0 Å². The summed E-state index contributed by atoms with van der Waals surface area (Å²) in [6.45, 7) is 10.7. The topological polar surface area (TPSA) is 33.3 Å². The lowest BCUT2D eigenvalue weighted by Crippen LogP contribution is -2.21. The lowest BCUT2D eigenvalue weighted by molar-refractivity contribution is 0.119. The normalized spacial score (nSPS) is 26.0. The van der Waals surface area contributed by atoms with Gasteiger partial charge in [0.2, 0.25) is 0 Å². The van der Waals surface area contributed by atoms with Gasteiger partial charge in [-0.25, -0.2) is 0 Å². The molecule has 0 aromatic carbocycles. The molecule has 2 N–H and O–H groups in total. The first-order valence-electron chi connectivity index (χ1n) is 6.33. The highest BCUT2D eigenvalue weighted by molar-refractivity contribution is 4.77. The third-order valence-corrected chi connectivity index (χ3v) is 3.16. The molecule has 1 heterocycles. The molecule has 0 spiro atoms. The summed E-state index contributed by atoms with van der Waals surface area (Å²) in [6, 6.07) is 0. The van der Waals surface area contributed by atoms with Gasteiger partial charge < -0.3 is 15.4 Å². The monoisotopic (exact) mass is 214 g/mol. The van der Waals surface area contributed by atoms with Crippen molar-refractivity contribution in [3.05, 3.63) is 0 Å². The first kappa shape index (κ1) is 12.9. The van der Waals surface area contributed by atoms with Crippen LogP contribution in [-0.2, 0) is 4.74 Å². The maximum atomic E-state index is 5.60. The standard InChI is InChI=1S/C12H26N2O/c1-3-5-13-6-8-15-7-4-12-10-14-9-11(12)2/h11-14H,3-10H2,1-2H3. The number of rotatable bonds is 8. The highest BCUT2D eigenvalue weighted by Crippen LogP contribution is 2.18. The van der Waals surface area contributed by atoms with Crippen molar-refractivity contribution in [2.75, 3.05) is 39.4 Å². The summed E-state index contributed by atoms with van der Waals surface area (Å²) in [7, 11) is 0. The van der Waals surface area contributed by atoms with E-state index in [2.05, 4.69) is 24.5 Å². The van der Waals surface area contributed by atoms with Gasteiger partial charge in [-0.15, -0.1) is 0 Å². The molecule has 0 aliphatic carbocycles. The summed E-state index contributed by atoms with van der Waals surface area (Å²) in [5.41, 5.74) is 0. The highest BCUT2D eigenvalue weighted by Gasteiger charge is 2.22. The van der Waals surface area contributed by atoms with E-state index >= 15 is 0 Å². The fourth-order valence-electron chi connectivity index (χ4n) is 2.03. The van der Waals surface area contributed by atoms with Gasteiger partial charge >= 0.3 is 0 Å². The molecule has 0 saturated carbocycles. The number of hydrogen-bond acceptors (Lipinski definition) is 3. The van der Waals surface area contributed by atoms with Crippen LogP contribution >= 0.6 is 0 Å². The van der Waals surface area contributed by atoms with Gasteiger partial charge in [0.15, 0.2) is 0 Å². The van der Waals surface area contributed by atoms with Crippen molar-refractivity contribution in [3.63, 3.8) is 0 Å². The van der Waals surface area contributed by atoms with Crippen molar-refractivity contribution in [1.82, 2.24) is 10.6 Å². The molecule has 3 nitrogen and oxygen atoms in total. The summed E-state index contributed by atoms with van der Waals surface area (Å²) in [6.07, 6.45) is 2.41. The zero-order valence-electron chi connectivity index (χ0n) is 10.2. The predicted molar refractivity (Wildman–Crippen MR) is 64.1 cm³/mol. The van der Waals surface area contributed by atoms with Crippen LogP contribution in [0.5, 0.6) is 0 Å². The predicted octanol–water partition coefficient (Wildman–Crippen LogP) is 1.25. The minimum Gasteiger partial charge on any atom is -0.380 e. The van der Waals surface area contributed by atoms with Crippen LogP contribution in [-0.4, -0.2) is 39.4 Å². The van der Waals surface area contributed by atoms with Gasteiger partial charge in [0.25, 0.3) is 0 Å². The van der Waals surface area contributed by atoms with E-state index in [0.29, 0.717) is 0 Å². The molecular weight excluding hydrogens is 188 g/mol. The lowest BCUT2D eigenvalue weighted by atomic mass is 9.95. The zero-order chi connectivity index (χ0) is 10.9. The Morgan fingerprint density at radius 2 is 2.13 bits per heavy atom. The summed E-state index contributed by atoms with van der Waals surface area (Å²) in [5.74, 6) is 1.65. The summed E-state index contributed by atoms with van der Waals surface area (Å²) in [4.78, 5) is 0. The van der Waals surface area contributed by atoms with Gasteiger partial charge in [0.05, 0.1) is 6.61 Å². The first-order chi connectivity index (χ1) is 7.34. The lowest BCUT2D eigenvalue weighted by Gasteiger charge is -2.13. The molecule has 2 unspecified atom stereocenters. The fourth-order valence-corrected chi connectivity index (χ4v) is 2.03. The Morgan fingerprint density at radius 1 is 1.27 bits per heavy atom. The Bertz CT molecular complexity index is 153. The van der Waals surface area contributed by atoms with Crippen molar-refractivity contribution in [2.24, 2.45) is 11.8 Å². The molecule has 3 heteroatoms. The third kappa shape index (κ3) is 5.50. The van der Waals surface area contributed by atoms with Gasteiger partial charge in [-0.1, -0.05) is 13.8 Å².